The highest BCUT2D eigenvalue weighted by Gasteiger charge is 2.07. The van der Waals surface area contributed by atoms with E-state index >= 15 is 0 Å². The van der Waals surface area contributed by atoms with Crippen LogP contribution < -0.4 is 5.32 Å². The lowest BCUT2D eigenvalue weighted by Crippen LogP contribution is -2.25. The maximum Gasteiger partial charge on any atom is 0.128 e. The fraction of sp³-hybridized carbons (Fsp3) is 0.538. The van der Waals surface area contributed by atoms with Gasteiger partial charge in [-0.1, -0.05) is 6.07 Å². The van der Waals surface area contributed by atoms with Crippen molar-refractivity contribution in [2.45, 2.75) is 13.0 Å². The Bertz CT molecular complexity index is 360. The third-order valence-electron chi connectivity index (χ3n) is 2.54. The number of methoxy groups -OCH3 is 1. The molecule has 0 aromatic heterocycles. The Morgan fingerprint density at radius 3 is 2.89 bits per heavy atom. The molecule has 0 radical (unpaired) electrons. The first-order valence-electron chi connectivity index (χ1n) is 5.89. The van der Waals surface area contributed by atoms with Crippen LogP contribution in [0.3, 0.4) is 0 Å². The second-order valence-corrected chi connectivity index (χ2v) is 4.01. The van der Waals surface area contributed by atoms with Crippen molar-refractivity contribution in [1.29, 1.82) is 0 Å². The lowest BCUT2D eigenvalue weighted by Gasteiger charge is -2.14. The van der Waals surface area contributed by atoms with Gasteiger partial charge >= 0.3 is 0 Å². The molecule has 1 aromatic carbocycles. The van der Waals surface area contributed by atoms with Crippen molar-refractivity contribution in [1.82, 2.24) is 0 Å². The molecule has 0 aliphatic rings. The van der Waals surface area contributed by atoms with Crippen molar-refractivity contribution in [3.8, 4) is 0 Å². The molecule has 0 fully saturated rings. The summed E-state index contributed by atoms with van der Waals surface area (Å²) < 4.78 is 23.3. The summed E-state index contributed by atoms with van der Waals surface area (Å²) in [5.41, 5.74) is 1.23. The topological polar surface area (TPSA) is 50.7 Å². The number of rotatable bonds is 8. The summed E-state index contributed by atoms with van der Waals surface area (Å²) >= 11 is 0. The molecule has 0 aliphatic heterocycles. The van der Waals surface area contributed by atoms with Crippen molar-refractivity contribution >= 4 is 5.69 Å². The van der Waals surface area contributed by atoms with E-state index in [0.717, 1.165) is 0 Å². The summed E-state index contributed by atoms with van der Waals surface area (Å²) in [6, 6.07) is 4.81. The van der Waals surface area contributed by atoms with Crippen LogP contribution in [0.15, 0.2) is 18.2 Å². The molecule has 1 aromatic rings. The summed E-state index contributed by atoms with van der Waals surface area (Å²) in [7, 11) is 1.59. The fourth-order valence-electron chi connectivity index (χ4n) is 1.45. The average Bonchev–Trinajstić information content (AvgIpc) is 2.36. The first kappa shape index (κ1) is 14.9. The van der Waals surface area contributed by atoms with Gasteiger partial charge < -0.3 is 19.9 Å². The molecule has 0 aliphatic carbocycles. The highest BCUT2D eigenvalue weighted by atomic mass is 19.1. The number of hydrogen-bond donors (Lipinski definition) is 2. The molecule has 1 rings (SSSR count). The lowest BCUT2D eigenvalue weighted by atomic mass is 10.2. The fourth-order valence-corrected chi connectivity index (χ4v) is 1.45. The summed E-state index contributed by atoms with van der Waals surface area (Å²) in [6.45, 7) is 3.19. The van der Waals surface area contributed by atoms with Crippen LogP contribution >= 0.6 is 0 Å². The van der Waals surface area contributed by atoms with Gasteiger partial charge in [-0.15, -0.1) is 0 Å². The van der Waals surface area contributed by atoms with Gasteiger partial charge in [-0.3, -0.25) is 0 Å². The van der Waals surface area contributed by atoms with Gasteiger partial charge in [0.15, 0.2) is 0 Å². The van der Waals surface area contributed by atoms with Crippen LogP contribution in [0.1, 0.15) is 5.56 Å². The summed E-state index contributed by atoms with van der Waals surface area (Å²) in [5.74, 6) is -0.258. The number of aliphatic hydroxyl groups excluding tert-OH is 1. The van der Waals surface area contributed by atoms with Gasteiger partial charge in [-0.2, -0.15) is 0 Å². The average molecular weight is 257 g/mol. The molecule has 1 unspecified atom stereocenters. The highest BCUT2D eigenvalue weighted by molar-refractivity contribution is 5.50. The van der Waals surface area contributed by atoms with Gasteiger partial charge in [0.2, 0.25) is 0 Å². The molecule has 0 saturated heterocycles. The van der Waals surface area contributed by atoms with Gasteiger partial charge in [0, 0.05) is 24.9 Å². The lowest BCUT2D eigenvalue weighted by molar-refractivity contribution is 0.0182. The standard InChI is InChI=1S/C13H20FNO3/c1-10-12(14)4-3-5-13(10)15-8-11(16)9-18-7-6-17-2/h3-5,11,15-16H,6-9H2,1-2H3. The van der Waals surface area contributed by atoms with Crippen LogP contribution in [0.2, 0.25) is 0 Å². The van der Waals surface area contributed by atoms with Crippen molar-refractivity contribution in [3.63, 3.8) is 0 Å². The van der Waals surface area contributed by atoms with Gasteiger partial charge in [0.1, 0.15) is 5.82 Å². The number of ether oxygens (including phenoxy) is 2. The first-order valence-corrected chi connectivity index (χ1v) is 5.89. The van der Waals surface area contributed by atoms with Gasteiger partial charge in [0.05, 0.1) is 25.9 Å². The number of halogens is 1. The Balaban J connectivity index is 2.29. The Labute approximate surface area is 107 Å². The summed E-state index contributed by atoms with van der Waals surface area (Å²) in [6.07, 6.45) is -0.635. The van der Waals surface area contributed by atoms with E-state index in [0.29, 0.717) is 31.0 Å². The largest absolute Gasteiger partial charge is 0.389 e. The molecule has 0 amide bonds. The monoisotopic (exact) mass is 257 g/mol. The Kier molecular flexibility index (Phi) is 6.64. The normalized spacial score (nSPS) is 12.4. The number of anilines is 1. The predicted octanol–water partition coefficient (Wildman–Crippen LogP) is 1.57. The SMILES string of the molecule is COCCOCC(O)CNc1cccc(F)c1C. The molecule has 0 bridgehead atoms. The van der Waals surface area contributed by atoms with Gasteiger partial charge in [0.25, 0.3) is 0 Å². The zero-order chi connectivity index (χ0) is 13.4. The number of hydrogen-bond acceptors (Lipinski definition) is 4. The quantitative estimate of drug-likeness (QED) is 0.694. The molecule has 1 atom stereocenters. The number of nitrogens with one attached hydrogen (secondary N) is 1. The van der Waals surface area contributed by atoms with Crippen LogP contribution in [0, 0.1) is 12.7 Å². The zero-order valence-electron chi connectivity index (χ0n) is 10.8. The van der Waals surface area contributed by atoms with Crippen LogP contribution in [0.25, 0.3) is 0 Å². The third-order valence-corrected chi connectivity index (χ3v) is 2.54. The van der Waals surface area contributed by atoms with E-state index in [1.165, 1.54) is 6.07 Å². The molecule has 102 valence electrons. The Hall–Kier alpha value is -1.17. The molecular weight excluding hydrogens is 237 g/mol. The maximum atomic E-state index is 13.2. The summed E-state index contributed by atoms with van der Waals surface area (Å²) in [4.78, 5) is 0. The molecule has 0 saturated carbocycles. The summed E-state index contributed by atoms with van der Waals surface area (Å²) in [5, 5.41) is 12.6. The van der Waals surface area contributed by atoms with E-state index in [4.69, 9.17) is 9.47 Å². The van der Waals surface area contributed by atoms with E-state index < -0.39 is 6.10 Å². The minimum absolute atomic E-state index is 0.227. The van der Waals surface area contributed by atoms with E-state index in [2.05, 4.69) is 5.32 Å². The highest BCUT2D eigenvalue weighted by Crippen LogP contribution is 2.17. The third kappa shape index (κ3) is 5.00. The Morgan fingerprint density at radius 2 is 2.17 bits per heavy atom. The molecule has 2 N–H and O–H groups in total. The zero-order valence-corrected chi connectivity index (χ0v) is 10.8. The van der Waals surface area contributed by atoms with Crippen molar-refractivity contribution in [3.05, 3.63) is 29.6 Å². The van der Waals surface area contributed by atoms with Crippen molar-refractivity contribution in [2.24, 2.45) is 0 Å². The van der Waals surface area contributed by atoms with Crippen molar-refractivity contribution in [2.75, 3.05) is 38.8 Å². The molecule has 0 spiro atoms. The molecule has 18 heavy (non-hydrogen) atoms. The minimum atomic E-state index is -0.635. The molecule has 4 nitrogen and oxygen atoms in total. The van der Waals surface area contributed by atoms with E-state index in [-0.39, 0.29) is 12.4 Å². The van der Waals surface area contributed by atoms with Gasteiger partial charge in [-0.25, -0.2) is 4.39 Å². The first-order chi connectivity index (χ1) is 8.65. The van der Waals surface area contributed by atoms with E-state index in [1.807, 2.05) is 0 Å². The van der Waals surface area contributed by atoms with E-state index in [9.17, 15) is 9.50 Å². The van der Waals surface area contributed by atoms with Crippen LogP contribution in [0.4, 0.5) is 10.1 Å². The molecular formula is C13H20FNO3. The smallest absolute Gasteiger partial charge is 0.128 e. The minimum Gasteiger partial charge on any atom is -0.389 e. The van der Waals surface area contributed by atoms with Crippen LogP contribution in [-0.4, -0.2) is 44.7 Å². The molecule has 0 heterocycles. The van der Waals surface area contributed by atoms with Crippen LogP contribution in [0.5, 0.6) is 0 Å². The number of aliphatic hydroxyl groups is 1. The predicted molar refractivity (Wildman–Crippen MR) is 68.3 cm³/mol. The molecule has 5 heteroatoms. The van der Waals surface area contributed by atoms with E-state index in [1.54, 1.807) is 26.2 Å². The van der Waals surface area contributed by atoms with Gasteiger partial charge in [-0.05, 0) is 19.1 Å². The van der Waals surface area contributed by atoms with Crippen LogP contribution in [-0.2, 0) is 9.47 Å². The maximum absolute atomic E-state index is 13.2. The Morgan fingerprint density at radius 1 is 1.39 bits per heavy atom. The second kappa shape index (κ2) is 8.02. The number of benzene rings is 1. The second-order valence-electron chi connectivity index (χ2n) is 4.01. The van der Waals surface area contributed by atoms with Crippen molar-refractivity contribution < 1.29 is 19.0 Å².